The second-order valence-corrected chi connectivity index (χ2v) is 3.72. The lowest BCUT2D eigenvalue weighted by Crippen LogP contribution is -2.32. The first-order chi connectivity index (χ1) is 8.10. The number of aliphatic carboxylic acids is 1. The minimum absolute atomic E-state index is 0.0730. The van der Waals surface area contributed by atoms with Gasteiger partial charge in [-0.05, 0) is 24.7 Å². The molecule has 17 heavy (non-hydrogen) atoms. The van der Waals surface area contributed by atoms with Crippen molar-refractivity contribution >= 4 is 5.97 Å². The molecular weight excluding hydrogens is 222 g/mol. The molecular formula is C12H17NO4. The first-order valence-electron chi connectivity index (χ1n) is 5.28. The number of aliphatic hydroxyl groups excluding tert-OH is 1. The number of hydrogen-bond acceptors (Lipinski definition) is 4. The van der Waals surface area contributed by atoms with Crippen LogP contribution in [0.5, 0.6) is 5.75 Å². The van der Waals surface area contributed by atoms with Gasteiger partial charge in [0.15, 0.2) is 0 Å². The maximum atomic E-state index is 11.2. The Morgan fingerprint density at radius 2 is 2.00 bits per heavy atom. The molecule has 0 aliphatic carbocycles. The number of aliphatic hydroxyl groups is 1. The lowest BCUT2D eigenvalue weighted by Gasteiger charge is -2.24. The number of ether oxygens (including phenoxy) is 1. The average Bonchev–Trinajstić information content (AvgIpc) is 2.30. The number of hydrogen-bond donors (Lipinski definition) is 2. The van der Waals surface area contributed by atoms with Gasteiger partial charge in [0.2, 0.25) is 0 Å². The summed E-state index contributed by atoms with van der Waals surface area (Å²) in [6.45, 7) is 0.236. The molecule has 2 N–H and O–H groups in total. The Morgan fingerprint density at radius 3 is 2.41 bits per heavy atom. The predicted molar refractivity (Wildman–Crippen MR) is 63.1 cm³/mol. The molecule has 1 unspecified atom stereocenters. The van der Waals surface area contributed by atoms with E-state index in [1.165, 1.54) is 0 Å². The topological polar surface area (TPSA) is 70.0 Å². The molecule has 0 spiro atoms. The van der Waals surface area contributed by atoms with Gasteiger partial charge in [0, 0.05) is 6.54 Å². The lowest BCUT2D eigenvalue weighted by molar-refractivity contribution is -0.143. The van der Waals surface area contributed by atoms with Gasteiger partial charge in [-0.25, -0.2) is 0 Å². The quantitative estimate of drug-likeness (QED) is 0.766. The van der Waals surface area contributed by atoms with E-state index in [1.54, 1.807) is 43.3 Å². The van der Waals surface area contributed by atoms with Crippen LogP contribution < -0.4 is 4.74 Å². The summed E-state index contributed by atoms with van der Waals surface area (Å²) in [7, 11) is 3.22. The Hall–Kier alpha value is -1.59. The van der Waals surface area contributed by atoms with Crippen molar-refractivity contribution in [3.05, 3.63) is 29.8 Å². The largest absolute Gasteiger partial charge is 0.497 e. The number of nitrogens with zero attached hydrogens (tertiary/aromatic N) is 1. The monoisotopic (exact) mass is 239 g/mol. The van der Waals surface area contributed by atoms with E-state index in [0.29, 0.717) is 17.9 Å². The number of likely N-dealkylation sites (N-methyl/N-ethyl adjacent to an activating group) is 1. The molecule has 0 radical (unpaired) electrons. The third-order valence-corrected chi connectivity index (χ3v) is 2.56. The molecule has 5 nitrogen and oxygen atoms in total. The van der Waals surface area contributed by atoms with Crippen molar-refractivity contribution in [1.82, 2.24) is 4.90 Å². The molecule has 1 aromatic rings. The minimum atomic E-state index is -0.939. The van der Waals surface area contributed by atoms with Gasteiger partial charge in [-0.1, -0.05) is 12.1 Å². The Balaban J connectivity index is 2.93. The molecule has 0 aromatic heterocycles. The molecule has 0 amide bonds. The SMILES string of the molecule is COc1ccc(C(C(=O)O)N(C)CCO)cc1. The third-order valence-electron chi connectivity index (χ3n) is 2.56. The fraction of sp³-hybridized carbons (Fsp3) is 0.417. The number of methoxy groups -OCH3 is 1. The zero-order chi connectivity index (χ0) is 12.8. The van der Waals surface area contributed by atoms with Gasteiger partial charge in [-0.3, -0.25) is 9.69 Å². The summed E-state index contributed by atoms with van der Waals surface area (Å²) < 4.78 is 5.02. The molecule has 1 atom stereocenters. The van der Waals surface area contributed by atoms with E-state index in [1.807, 2.05) is 0 Å². The van der Waals surface area contributed by atoms with Crippen molar-refractivity contribution in [2.75, 3.05) is 27.3 Å². The molecule has 0 saturated carbocycles. The van der Waals surface area contributed by atoms with Gasteiger partial charge in [-0.2, -0.15) is 0 Å². The molecule has 0 saturated heterocycles. The standard InChI is InChI=1S/C12H17NO4/c1-13(7-8-14)11(12(15)16)9-3-5-10(17-2)6-4-9/h3-6,11,14H,7-8H2,1-2H3,(H,15,16). The smallest absolute Gasteiger partial charge is 0.325 e. The number of carbonyl (C=O) groups is 1. The van der Waals surface area contributed by atoms with Gasteiger partial charge in [0.25, 0.3) is 0 Å². The Kier molecular flexibility index (Phi) is 4.93. The summed E-state index contributed by atoms with van der Waals surface area (Å²) in [5.74, 6) is -0.256. The van der Waals surface area contributed by atoms with Crippen molar-refractivity contribution in [1.29, 1.82) is 0 Å². The summed E-state index contributed by atoms with van der Waals surface area (Å²) in [6.07, 6.45) is 0. The van der Waals surface area contributed by atoms with Crippen molar-refractivity contribution in [3.63, 3.8) is 0 Å². The zero-order valence-corrected chi connectivity index (χ0v) is 9.96. The average molecular weight is 239 g/mol. The van der Waals surface area contributed by atoms with Crippen LogP contribution in [0.2, 0.25) is 0 Å². The van der Waals surface area contributed by atoms with Crippen LogP contribution in [0.15, 0.2) is 24.3 Å². The van der Waals surface area contributed by atoms with Crippen LogP contribution >= 0.6 is 0 Å². The Labute approximate surface area is 100 Å². The number of benzene rings is 1. The maximum absolute atomic E-state index is 11.2. The molecule has 0 fully saturated rings. The summed E-state index contributed by atoms with van der Waals surface area (Å²) in [5, 5.41) is 18.0. The van der Waals surface area contributed by atoms with E-state index >= 15 is 0 Å². The first kappa shape index (κ1) is 13.5. The highest BCUT2D eigenvalue weighted by molar-refractivity contribution is 5.75. The molecule has 0 aliphatic heterocycles. The maximum Gasteiger partial charge on any atom is 0.325 e. The van der Waals surface area contributed by atoms with E-state index in [2.05, 4.69) is 0 Å². The van der Waals surface area contributed by atoms with Crippen LogP contribution in [0.4, 0.5) is 0 Å². The molecule has 0 heterocycles. The Bertz CT molecular complexity index is 363. The number of carboxylic acid groups (broad SMARTS) is 1. The molecule has 5 heteroatoms. The number of rotatable bonds is 6. The van der Waals surface area contributed by atoms with Crippen molar-refractivity contribution < 1.29 is 19.7 Å². The molecule has 1 aromatic carbocycles. The van der Waals surface area contributed by atoms with Gasteiger partial charge < -0.3 is 14.9 Å². The fourth-order valence-corrected chi connectivity index (χ4v) is 1.66. The summed E-state index contributed by atoms with van der Waals surface area (Å²) in [4.78, 5) is 12.8. The van der Waals surface area contributed by atoms with Gasteiger partial charge in [0.05, 0.1) is 13.7 Å². The van der Waals surface area contributed by atoms with Crippen LogP contribution in [0.3, 0.4) is 0 Å². The highest BCUT2D eigenvalue weighted by Crippen LogP contribution is 2.22. The van der Waals surface area contributed by atoms with Crippen molar-refractivity contribution in [2.24, 2.45) is 0 Å². The van der Waals surface area contributed by atoms with Crippen molar-refractivity contribution in [3.8, 4) is 5.75 Å². The van der Waals surface area contributed by atoms with Crippen LogP contribution in [0, 0.1) is 0 Å². The molecule has 0 aliphatic rings. The summed E-state index contributed by atoms with van der Waals surface area (Å²) >= 11 is 0. The van der Waals surface area contributed by atoms with Gasteiger partial charge >= 0.3 is 5.97 Å². The second kappa shape index (κ2) is 6.22. The predicted octanol–water partition coefficient (Wildman–Crippen LogP) is 0.745. The highest BCUT2D eigenvalue weighted by Gasteiger charge is 2.24. The zero-order valence-electron chi connectivity index (χ0n) is 9.96. The highest BCUT2D eigenvalue weighted by atomic mass is 16.5. The van der Waals surface area contributed by atoms with E-state index in [9.17, 15) is 9.90 Å². The Morgan fingerprint density at radius 1 is 1.41 bits per heavy atom. The van der Waals surface area contributed by atoms with E-state index in [0.717, 1.165) is 0 Å². The molecule has 0 bridgehead atoms. The van der Waals surface area contributed by atoms with E-state index in [-0.39, 0.29) is 6.61 Å². The normalized spacial score (nSPS) is 12.5. The number of carboxylic acids is 1. The summed E-state index contributed by atoms with van der Waals surface area (Å²) in [6, 6.07) is 6.11. The third kappa shape index (κ3) is 3.44. The van der Waals surface area contributed by atoms with E-state index in [4.69, 9.17) is 9.84 Å². The van der Waals surface area contributed by atoms with Crippen LogP contribution in [-0.4, -0.2) is 48.4 Å². The van der Waals surface area contributed by atoms with E-state index < -0.39 is 12.0 Å². The molecule has 1 rings (SSSR count). The fourth-order valence-electron chi connectivity index (χ4n) is 1.66. The minimum Gasteiger partial charge on any atom is -0.497 e. The lowest BCUT2D eigenvalue weighted by atomic mass is 10.1. The summed E-state index contributed by atoms with van der Waals surface area (Å²) in [5.41, 5.74) is 0.661. The molecule has 94 valence electrons. The van der Waals surface area contributed by atoms with Crippen LogP contribution in [0.25, 0.3) is 0 Å². The first-order valence-corrected chi connectivity index (χ1v) is 5.28. The van der Waals surface area contributed by atoms with Crippen LogP contribution in [-0.2, 0) is 4.79 Å². The van der Waals surface area contributed by atoms with Gasteiger partial charge in [-0.15, -0.1) is 0 Å². The van der Waals surface area contributed by atoms with Crippen molar-refractivity contribution in [2.45, 2.75) is 6.04 Å². The van der Waals surface area contributed by atoms with Gasteiger partial charge in [0.1, 0.15) is 11.8 Å². The van der Waals surface area contributed by atoms with Crippen LogP contribution in [0.1, 0.15) is 11.6 Å². The second-order valence-electron chi connectivity index (χ2n) is 3.72.